The Bertz CT molecular complexity index is 1760. The first-order valence-electron chi connectivity index (χ1n) is 13.2. The number of carbonyl (C=O) groups excluding carboxylic acids is 1. The fourth-order valence-electron chi connectivity index (χ4n) is 4.85. The number of aromatic nitrogens is 1. The van der Waals surface area contributed by atoms with Crippen molar-refractivity contribution in [3.8, 4) is 35.3 Å². The third-order valence-electron chi connectivity index (χ3n) is 6.88. The summed E-state index contributed by atoms with van der Waals surface area (Å²) in [6, 6.07) is 8.25. The molecule has 0 fully saturated rings. The Morgan fingerprint density at radius 2 is 1.86 bits per heavy atom. The standard InChI is InChI=1S/C31H32IN3O6S/c1-8-13-41-28-22(32)14-19(15-24(28)40-7)16-25-29(36)35-27(21-17-20(38-5)11-12-23(21)39-6)26(18(4)33-31(35)42-25)30(37)34(9-2)10-3/h1,11-12,14-17,27H,9-10,13H2,2-7H3/b25-16+/t27-/m0/s1. The highest BCUT2D eigenvalue weighted by Crippen LogP contribution is 2.38. The van der Waals surface area contributed by atoms with Crippen molar-refractivity contribution >= 4 is 45.9 Å². The number of hydrogen-bond donors (Lipinski definition) is 0. The molecule has 1 aliphatic rings. The molecule has 1 aliphatic heterocycles. The first-order chi connectivity index (χ1) is 20.2. The van der Waals surface area contributed by atoms with Gasteiger partial charge in [-0.2, -0.15) is 0 Å². The number of halogens is 1. The number of allylic oxidation sites excluding steroid dienone is 1. The molecule has 2 aromatic carbocycles. The average Bonchev–Trinajstić information content (AvgIpc) is 3.29. The highest BCUT2D eigenvalue weighted by Gasteiger charge is 2.36. The van der Waals surface area contributed by atoms with Crippen molar-refractivity contribution in [3.05, 3.63) is 76.0 Å². The zero-order valence-corrected chi connectivity index (χ0v) is 27.3. The quantitative estimate of drug-likeness (QED) is 0.237. The van der Waals surface area contributed by atoms with Crippen LogP contribution in [0.5, 0.6) is 23.0 Å². The molecule has 0 unspecified atom stereocenters. The molecule has 3 aromatic rings. The van der Waals surface area contributed by atoms with E-state index in [0.29, 0.717) is 62.3 Å². The molecule has 9 nitrogen and oxygen atoms in total. The number of ether oxygens (including phenoxy) is 4. The van der Waals surface area contributed by atoms with Crippen LogP contribution < -0.4 is 33.8 Å². The van der Waals surface area contributed by atoms with Gasteiger partial charge in [0.25, 0.3) is 11.5 Å². The summed E-state index contributed by atoms with van der Waals surface area (Å²) in [5, 5.41) is 0. The molecular weight excluding hydrogens is 669 g/mol. The lowest BCUT2D eigenvalue weighted by molar-refractivity contribution is -0.127. The lowest BCUT2D eigenvalue weighted by Crippen LogP contribution is -2.43. The lowest BCUT2D eigenvalue weighted by atomic mass is 9.93. The minimum atomic E-state index is -0.782. The summed E-state index contributed by atoms with van der Waals surface area (Å²) in [7, 11) is 4.67. The van der Waals surface area contributed by atoms with Crippen LogP contribution in [0.25, 0.3) is 6.08 Å². The second kappa shape index (κ2) is 13.5. The summed E-state index contributed by atoms with van der Waals surface area (Å²) in [6.45, 7) is 6.78. The van der Waals surface area contributed by atoms with Crippen LogP contribution in [0.1, 0.15) is 37.9 Å². The molecule has 1 atom stereocenters. The van der Waals surface area contributed by atoms with Gasteiger partial charge >= 0.3 is 0 Å². The molecule has 0 saturated heterocycles. The molecule has 4 rings (SSSR count). The van der Waals surface area contributed by atoms with Gasteiger partial charge in [0.2, 0.25) is 0 Å². The molecule has 0 radical (unpaired) electrons. The number of fused-ring (bicyclic) bond motifs is 1. The molecule has 11 heteroatoms. The SMILES string of the molecule is C#CCOc1c(I)cc(/C=c2/sc3n(c2=O)[C@@H](c2cc(OC)ccc2OC)C(C(=O)N(CC)CC)=C(C)N=3)cc1OC. The van der Waals surface area contributed by atoms with Crippen molar-refractivity contribution in [2.75, 3.05) is 41.0 Å². The summed E-state index contributed by atoms with van der Waals surface area (Å²) in [6.07, 6.45) is 7.14. The Morgan fingerprint density at radius 1 is 1.14 bits per heavy atom. The van der Waals surface area contributed by atoms with Crippen molar-refractivity contribution in [1.29, 1.82) is 0 Å². The maximum Gasteiger partial charge on any atom is 0.271 e. The van der Waals surface area contributed by atoms with Crippen LogP contribution >= 0.6 is 33.9 Å². The predicted molar refractivity (Wildman–Crippen MR) is 171 cm³/mol. The summed E-state index contributed by atoms with van der Waals surface area (Å²) in [5.41, 5.74) is 2.03. The number of terminal acetylenes is 1. The number of likely N-dealkylation sites (N-methyl/N-ethyl adjacent to an activating group) is 1. The molecule has 42 heavy (non-hydrogen) atoms. The Morgan fingerprint density at radius 3 is 2.48 bits per heavy atom. The van der Waals surface area contributed by atoms with Crippen LogP contribution in [0.15, 0.2) is 51.4 Å². The van der Waals surface area contributed by atoms with E-state index in [4.69, 9.17) is 30.4 Å². The topological polar surface area (TPSA) is 91.6 Å². The molecule has 0 aliphatic carbocycles. The van der Waals surface area contributed by atoms with E-state index in [-0.39, 0.29) is 18.1 Å². The van der Waals surface area contributed by atoms with Gasteiger partial charge < -0.3 is 23.8 Å². The summed E-state index contributed by atoms with van der Waals surface area (Å²) in [4.78, 5) is 35.0. The van der Waals surface area contributed by atoms with Crippen molar-refractivity contribution in [2.24, 2.45) is 4.99 Å². The van der Waals surface area contributed by atoms with Crippen LogP contribution in [-0.4, -0.2) is 56.4 Å². The molecule has 0 N–H and O–H groups in total. The molecule has 1 amide bonds. The van der Waals surface area contributed by atoms with Crippen LogP contribution in [-0.2, 0) is 4.79 Å². The summed E-state index contributed by atoms with van der Waals surface area (Å²) >= 11 is 3.40. The number of thiazole rings is 1. The Balaban J connectivity index is 1.98. The smallest absolute Gasteiger partial charge is 0.271 e. The van der Waals surface area contributed by atoms with Crippen LogP contribution in [0.2, 0.25) is 0 Å². The average molecular weight is 702 g/mol. The molecule has 220 valence electrons. The fraction of sp³-hybridized carbons (Fsp3) is 0.323. The van der Waals surface area contributed by atoms with E-state index < -0.39 is 6.04 Å². The van der Waals surface area contributed by atoms with Gasteiger partial charge in [-0.3, -0.25) is 14.2 Å². The van der Waals surface area contributed by atoms with E-state index in [1.165, 1.54) is 11.3 Å². The zero-order valence-electron chi connectivity index (χ0n) is 24.3. The van der Waals surface area contributed by atoms with Gasteiger partial charge in [0.15, 0.2) is 16.3 Å². The van der Waals surface area contributed by atoms with Gasteiger partial charge in [0, 0.05) is 18.7 Å². The van der Waals surface area contributed by atoms with E-state index in [0.717, 1.165) is 9.13 Å². The van der Waals surface area contributed by atoms with E-state index in [9.17, 15) is 9.59 Å². The molecular formula is C31H32IN3O6S. The highest BCUT2D eigenvalue weighted by atomic mass is 127. The molecule has 0 saturated carbocycles. The van der Waals surface area contributed by atoms with Crippen molar-refractivity contribution < 1.29 is 23.7 Å². The van der Waals surface area contributed by atoms with Crippen LogP contribution in [0.3, 0.4) is 0 Å². The second-order valence-corrected chi connectivity index (χ2v) is 11.4. The van der Waals surface area contributed by atoms with E-state index in [1.807, 2.05) is 19.9 Å². The number of rotatable bonds is 10. The van der Waals surface area contributed by atoms with E-state index >= 15 is 0 Å². The van der Waals surface area contributed by atoms with Gasteiger partial charge in [-0.25, -0.2) is 4.99 Å². The number of benzene rings is 2. The molecule has 1 aromatic heterocycles. The second-order valence-electron chi connectivity index (χ2n) is 9.19. The van der Waals surface area contributed by atoms with Gasteiger partial charge in [0.05, 0.1) is 40.7 Å². The largest absolute Gasteiger partial charge is 0.497 e. The first kappa shape index (κ1) is 31.2. The molecule has 0 bridgehead atoms. The Labute approximate surface area is 262 Å². The third kappa shape index (κ3) is 5.91. The number of carbonyl (C=O) groups is 1. The Hall–Kier alpha value is -3.76. The van der Waals surface area contributed by atoms with Gasteiger partial charge in [-0.1, -0.05) is 17.3 Å². The maximum absolute atomic E-state index is 14.2. The maximum atomic E-state index is 14.2. The van der Waals surface area contributed by atoms with Crippen molar-refractivity contribution in [1.82, 2.24) is 9.47 Å². The Kier molecular flexibility index (Phi) is 10.0. The highest BCUT2D eigenvalue weighted by molar-refractivity contribution is 14.1. The van der Waals surface area contributed by atoms with Gasteiger partial charge in [-0.05, 0) is 85.3 Å². The number of nitrogens with zero attached hydrogens (tertiary/aromatic N) is 3. The van der Waals surface area contributed by atoms with Gasteiger partial charge in [0.1, 0.15) is 24.1 Å². The predicted octanol–water partition coefficient (Wildman–Crippen LogP) is 3.75. The minimum Gasteiger partial charge on any atom is -0.497 e. The molecule has 0 spiro atoms. The lowest BCUT2D eigenvalue weighted by Gasteiger charge is -2.30. The van der Waals surface area contributed by atoms with Crippen molar-refractivity contribution in [3.63, 3.8) is 0 Å². The normalized spacial score (nSPS) is 14.5. The number of amides is 1. The first-order valence-corrected chi connectivity index (χ1v) is 15.1. The zero-order chi connectivity index (χ0) is 30.6. The number of methoxy groups -OCH3 is 3. The molecule has 2 heterocycles. The monoisotopic (exact) mass is 701 g/mol. The van der Waals surface area contributed by atoms with E-state index in [2.05, 4.69) is 28.5 Å². The summed E-state index contributed by atoms with van der Waals surface area (Å²) < 4.78 is 25.2. The number of hydrogen-bond acceptors (Lipinski definition) is 8. The minimum absolute atomic E-state index is 0.103. The third-order valence-corrected chi connectivity index (χ3v) is 8.67. The summed E-state index contributed by atoms with van der Waals surface area (Å²) in [5.74, 6) is 4.40. The van der Waals surface area contributed by atoms with Crippen molar-refractivity contribution in [2.45, 2.75) is 26.8 Å². The van der Waals surface area contributed by atoms with Crippen LogP contribution in [0.4, 0.5) is 0 Å². The van der Waals surface area contributed by atoms with E-state index in [1.54, 1.807) is 68.1 Å². The fourth-order valence-corrected chi connectivity index (χ4v) is 6.68. The van der Waals surface area contributed by atoms with Gasteiger partial charge in [-0.15, -0.1) is 6.42 Å². The van der Waals surface area contributed by atoms with Crippen LogP contribution in [0, 0.1) is 15.9 Å².